The second-order valence-electron chi connectivity index (χ2n) is 7.20. The Morgan fingerprint density at radius 1 is 1.03 bits per heavy atom. The molecule has 2 aromatic heterocycles. The highest BCUT2D eigenvalue weighted by molar-refractivity contribution is 8.00. The molecule has 0 aliphatic rings. The number of rotatable bonds is 9. The van der Waals surface area contributed by atoms with E-state index in [2.05, 4.69) is 27.3 Å². The first-order chi connectivity index (χ1) is 15.7. The minimum atomic E-state index is -0.326. The van der Waals surface area contributed by atoms with Gasteiger partial charge in [-0.25, -0.2) is 0 Å². The zero-order valence-corrected chi connectivity index (χ0v) is 18.8. The minimum absolute atomic E-state index is 0.0373. The summed E-state index contributed by atoms with van der Waals surface area (Å²) >= 11 is 1.41. The van der Waals surface area contributed by atoms with Gasteiger partial charge in [0.05, 0.1) is 18.4 Å². The number of ketones is 1. The molecule has 4 aromatic rings. The van der Waals surface area contributed by atoms with Crippen molar-refractivity contribution in [3.05, 3.63) is 90.3 Å². The number of hydrogen-bond acceptors (Lipinski definition) is 6. The highest BCUT2D eigenvalue weighted by Crippen LogP contribution is 2.29. The molecular weight excluding hydrogens is 420 g/mol. The Morgan fingerprint density at radius 2 is 1.81 bits per heavy atom. The molecule has 0 saturated heterocycles. The van der Waals surface area contributed by atoms with Gasteiger partial charge in [0.15, 0.2) is 16.8 Å². The number of carbonyl (C=O) groups excluding carboxylic acids is 1. The first-order valence-corrected chi connectivity index (χ1v) is 11.3. The van der Waals surface area contributed by atoms with Crippen LogP contribution >= 0.6 is 11.8 Å². The quantitative estimate of drug-likeness (QED) is 0.263. The molecule has 4 rings (SSSR count). The van der Waals surface area contributed by atoms with Gasteiger partial charge >= 0.3 is 0 Å². The normalized spacial score (nSPS) is 11.8. The second-order valence-corrected chi connectivity index (χ2v) is 8.51. The molecule has 0 amide bonds. The predicted molar refractivity (Wildman–Crippen MR) is 126 cm³/mol. The molecule has 2 heterocycles. The van der Waals surface area contributed by atoms with Gasteiger partial charge < -0.3 is 4.74 Å². The summed E-state index contributed by atoms with van der Waals surface area (Å²) in [5.41, 5.74) is 2.66. The van der Waals surface area contributed by atoms with Gasteiger partial charge in [-0.3, -0.25) is 14.3 Å². The van der Waals surface area contributed by atoms with E-state index in [-0.39, 0.29) is 11.0 Å². The first kappa shape index (κ1) is 21.8. The van der Waals surface area contributed by atoms with E-state index >= 15 is 0 Å². The molecule has 162 valence electrons. The van der Waals surface area contributed by atoms with Crippen molar-refractivity contribution in [1.82, 2.24) is 19.7 Å². The molecule has 0 unspecified atom stereocenters. The number of ether oxygens (including phenoxy) is 1. The molecule has 6 nitrogen and oxygen atoms in total. The molecule has 1 atom stereocenters. The van der Waals surface area contributed by atoms with Crippen LogP contribution in [0, 0.1) is 0 Å². The van der Waals surface area contributed by atoms with Crippen molar-refractivity contribution in [2.75, 3.05) is 6.61 Å². The number of carbonyl (C=O) groups is 1. The fourth-order valence-corrected chi connectivity index (χ4v) is 4.25. The number of pyridine rings is 1. The van der Waals surface area contributed by atoms with E-state index in [1.807, 2.05) is 60.9 Å². The fourth-order valence-electron chi connectivity index (χ4n) is 3.32. The molecule has 2 aromatic carbocycles. The number of hydrogen-bond donors (Lipinski definition) is 0. The van der Waals surface area contributed by atoms with Gasteiger partial charge in [-0.2, -0.15) is 0 Å². The summed E-state index contributed by atoms with van der Waals surface area (Å²) in [7, 11) is 0. The Morgan fingerprint density at radius 3 is 2.50 bits per heavy atom. The van der Waals surface area contributed by atoms with Crippen LogP contribution < -0.4 is 4.74 Å². The summed E-state index contributed by atoms with van der Waals surface area (Å²) in [5.74, 6) is 1.52. The van der Waals surface area contributed by atoms with Crippen LogP contribution in [0.4, 0.5) is 0 Å². The van der Waals surface area contributed by atoms with E-state index in [0.717, 1.165) is 22.7 Å². The lowest BCUT2D eigenvalue weighted by Crippen LogP contribution is -2.15. The topological polar surface area (TPSA) is 69.9 Å². The van der Waals surface area contributed by atoms with Crippen molar-refractivity contribution in [1.29, 1.82) is 0 Å². The zero-order valence-electron chi connectivity index (χ0n) is 18.0. The maximum atomic E-state index is 13.0. The van der Waals surface area contributed by atoms with E-state index in [4.69, 9.17) is 4.74 Å². The van der Waals surface area contributed by atoms with Crippen molar-refractivity contribution >= 4 is 17.5 Å². The van der Waals surface area contributed by atoms with Crippen molar-refractivity contribution < 1.29 is 9.53 Å². The van der Waals surface area contributed by atoms with Crippen molar-refractivity contribution in [3.8, 4) is 17.1 Å². The molecule has 0 N–H and O–H groups in total. The fraction of sp³-hybridized carbons (Fsp3) is 0.200. The van der Waals surface area contributed by atoms with Crippen molar-refractivity contribution in [3.63, 3.8) is 0 Å². The lowest BCUT2D eigenvalue weighted by Gasteiger charge is -2.13. The molecule has 0 saturated carbocycles. The lowest BCUT2D eigenvalue weighted by molar-refractivity contribution is 0.0994. The summed E-state index contributed by atoms with van der Waals surface area (Å²) in [6.45, 7) is 5.03. The Balaban J connectivity index is 1.59. The molecule has 0 aliphatic carbocycles. The highest BCUT2D eigenvalue weighted by Gasteiger charge is 2.22. The van der Waals surface area contributed by atoms with Gasteiger partial charge in [0, 0.05) is 23.5 Å². The molecular formula is C25H24N4O2S. The molecule has 32 heavy (non-hydrogen) atoms. The Kier molecular flexibility index (Phi) is 6.97. The van der Waals surface area contributed by atoms with Crippen LogP contribution in [0.3, 0.4) is 0 Å². The minimum Gasteiger partial charge on any atom is -0.494 e. The van der Waals surface area contributed by atoms with Crippen molar-refractivity contribution in [2.24, 2.45) is 0 Å². The third kappa shape index (κ3) is 5.06. The third-order valence-corrected chi connectivity index (χ3v) is 6.00. The molecule has 0 aliphatic heterocycles. The Labute approximate surface area is 191 Å². The number of thioether (sulfide) groups is 1. The number of nitrogens with zero attached hydrogens (tertiary/aromatic N) is 4. The summed E-state index contributed by atoms with van der Waals surface area (Å²) < 4.78 is 7.51. The van der Waals surface area contributed by atoms with Crippen LogP contribution in [0.2, 0.25) is 0 Å². The zero-order chi connectivity index (χ0) is 22.3. The van der Waals surface area contributed by atoms with Gasteiger partial charge in [-0.05, 0) is 55.8 Å². The van der Waals surface area contributed by atoms with Crippen LogP contribution in [0.15, 0.2) is 84.3 Å². The van der Waals surface area contributed by atoms with Crippen LogP contribution in [-0.2, 0) is 6.54 Å². The van der Waals surface area contributed by atoms with E-state index < -0.39 is 0 Å². The smallest absolute Gasteiger partial charge is 0.192 e. The molecule has 0 bridgehead atoms. The van der Waals surface area contributed by atoms with Crippen LogP contribution in [0.1, 0.15) is 29.8 Å². The van der Waals surface area contributed by atoms with E-state index in [1.165, 1.54) is 11.8 Å². The largest absolute Gasteiger partial charge is 0.494 e. The van der Waals surface area contributed by atoms with Crippen LogP contribution in [0.5, 0.6) is 5.75 Å². The average molecular weight is 445 g/mol. The van der Waals surface area contributed by atoms with Crippen LogP contribution in [0.25, 0.3) is 11.4 Å². The molecule has 0 spiro atoms. The van der Waals surface area contributed by atoms with Crippen molar-refractivity contribution in [2.45, 2.75) is 30.8 Å². The summed E-state index contributed by atoms with van der Waals surface area (Å²) in [6.07, 6.45) is 3.50. The maximum Gasteiger partial charge on any atom is 0.192 e. The van der Waals surface area contributed by atoms with Gasteiger partial charge in [0.2, 0.25) is 0 Å². The Bertz CT molecular complexity index is 1160. The standard InChI is InChI=1S/C25H24N4O2S/c1-3-31-22-13-11-20(12-14-22)23(30)18(2)32-25-28-27-24(21-10-7-15-26-16-21)29(25)17-19-8-5-4-6-9-19/h4-16,18H,3,17H2,1-2H3/t18-/m0/s1. The highest BCUT2D eigenvalue weighted by atomic mass is 32.2. The maximum absolute atomic E-state index is 13.0. The Hall–Kier alpha value is -3.45. The first-order valence-electron chi connectivity index (χ1n) is 10.5. The predicted octanol–water partition coefficient (Wildman–Crippen LogP) is 5.15. The molecule has 7 heteroatoms. The monoisotopic (exact) mass is 444 g/mol. The lowest BCUT2D eigenvalue weighted by atomic mass is 10.1. The number of Topliss-reactive ketones (excluding diaryl/α,β-unsaturated/α-hetero) is 1. The van der Waals surface area contributed by atoms with E-state index in [1.54, 1.807) is 24.5 Å². The van der Waals surface area contributed by atoms with Gasteiger partial charge in [-0.15, -0.1) is 10.2 Å². The third-order valence-electron chi connectivity index (χ3n) is 4.92. The van der Waals surface area contributed by atoms with Gasteiger partial charge in [-0.1, -0.05) is 42.1 Å². The molecule has 0 fully saturated rings. The van der Waals surface area contributed by atoms with Gasteiger partial charge in [0.25, 0.3) is 0 Å². The van der Waals surface area contributed by atoms with E-state index in [9.17, 15) is 4.79 Å². The number of benzene rings is 2. The van der Waals surface area contributed by atoms with Gasteiger partial charge in [0.1, 0.15) is 5.75 Å². The second kappa shape index (κ2) is 10.2. The summed E-state index contributed by atoms with van der Waals surface area (Å²) in [5, 5.41) is 9.21. The average Bonchev–Trinajstić information content (AvgIpc) is 3.22. The molecule has 0 radical (unpaired) electrons. The summed E-state index contributed by atoms with van der Waals surface area (Å²) in [4.78, 5) is 17.3. The SMILES string of the molecule is CCOc1ccc(C(=O)[C@H](C)Sc2nnc(-c3cccnc3)n2Cc2ccccc2)cc1. The number of aromatic nitrogens is 4. The summed E-state index contributed by atoms with van der Waals surface area (Å²) in [6, 6.07) is 21.2. The van der Waals surface area contributed by atoms with E-state index in [0.29, 0.717) is 23.9 Å². The van der Waals surface area contributed by atoms with Crippen LogP contribution in [-0.4, -0.2) is 37.4 Å².